The van der Waals surface area contributed by atoms with Crippen LogP contribution >= 0.6 is 0 Å². The lowest BCUT2D eigenvalue weighted by Gasteiger charge is -2.21. The monoisotopic (exact) mass is 252 g/mol. The Kier molecular flexibility index (Phi) is 3.65. The van der Waals surface area contributed by atoms with Crippen LogP contribution in [-0.4, -0.2) is 49.8 Å². The van der Waals surface area contributed by atoms with Gasteiger partial charge in [-0.1, -0.05) is 0 Å². The van der Waals surface area contributed by atoms with Gasteiger partial charge in [-0.2, -0.15) is 0 Å². The number of methoxy groups -OCH3 is 1. The molecule has 1 aliphatic heterocycles. The standard InChI is InChI=1S/C15H28N2O/c1-12-9-13(10-17(12)14-3-4-14)16-11-15(5-6-15)7-8-18-2/h12-14,16H,3-11H2,1-2H3. The summed E-state index contributed by atoms with van der Waals surface area (Å²) in [6, 6.07) is 2.46. The maximum Gasteiger partial charge on any atom is 0.0468 e. The molecule has 0 amide bonds. The second-order valence-corrected chi connectivity index (χ2v) is 6.83. The van der Waals surface area contributed by atoms with E-state index in [0.717, 1.165) is 24.7 Å². The average Bonchev–Trinajstić information content (AvgIpc) is 3.27. The number of ether oxygens (including phenoxy) is 1. The molecule has 0 aromatic rings. The van der Waals surface area contributed by atoms with Gasteiger partial charge in [-0.05, 0) is 50.9 Å². The summed E-state index contributed by atoms with van der Waals surface area (Å²) in [6.45, 7) is 5.83. The van der Waals surface area contributed by atoms with Crippen LogP contribution in [-0.2, 0) is 4.74 Å². The van der Waals surface area contributed by atoms with Gasteiger partial charge < -0.3 is 10.1 Å². The van der Waals surface area contributed by atoms with Crippen molar-refractivity contribution in [2.24, 2.45) is 5.41 Å². The van der Waals surface area contributed by atoms with E-state index in [2.05, 4.69) is 17.1 Å². The van der Waals surface area contributed by atoms with Gasteiger partial charge in [0.1, 0.15) is 0 Å². The van der Waals surface area contributed by atoms with Crippen molar-refractivity contribution in [1.29, 1.82) is 0 Å². The van der Waals surface area contributed by atoms with Gasteiger partial charge in [0.05, 0.1) is 0 Å². The molecule has 0 radical (unpaired) electrons. The highest BCUT2D eigenvalue weighted by Crippen LogP contribution is 2.48. The highest BCUT2D eigenvalue weighted by molar-refractivity contribution is 4.99. The van der Waals surface area contributed by atoms with Gasteiger partial charge in [-0.25, -0.2) is 0 Å². The van der Waals surface area contributed by atoms with E-state index in [1.165, 1.54) is 51.6 Å². The smallest absolute Gasteiger partial charge is 0.0468 e. The number of nitrogens with zero attached hydrogens (tertiary/aromatic N) is 1. The van der Waals surface area contributed by atoms with Crippen LogP contribution in [0.5, 0.6) is 0 Å². The molecule has 1 heterocycles. The second-order valence-electron chi connectivity index (χ2n) is 6.83. The normalized spacial score (nSPS) is 35.0. The van der Waals surface area contributed by atoms with Crippen molar-refractivity contribution in [3.05, 3.63) is 0 Å². The first-order valence-electron chi connectivity index (χ1n) is 7.70. The Balaban J connectivity index is 1.41. The molecule has 2 atom stereocenters. The Labute approximate surface area is 111 Å². The molecule has 3 rings (SSSR count). The van der Waals surface area contributed by atoms with Crippen molar-refractivity contribution >= 4 is 0 Å². The highest BCUT2D eigenvalue weighted by Gasteiger charge is 2.43. The molecule has 3 nitrogen and oxygen atoms in total. The van der Waals surface area contributed by atoms with Crippen molar-refractivity contribution < 1.29 is 4.74 Å². The first-order chi connectivity index (χ1) is 8.72. The summed E-state index contributed by atoms with van der Waals surface area (Å²) in [7, 11) is 1.82. The van der Waals surface area contributed by atoms with E-state index in [4.69, 9.17) is 4.74 Å². The lowest BCUT2D eigenvalue weighted by atomic mass is 10.0. The first-order valence-corrected chi connectivity index (χ1v) is 7.70. The third-order valence-corrected chi connectivity index (χ3v) is 5.20. The van der Waals surface area contributed by atoms with Crippen molar-refractivity contribution in [3.8, 4) is 0 Å². The lowest BCUT2D eigenvalue weighted by Crippen LogP contribution is -2.37. The minimum Gasteiger partial charge on any atom is -0.385 e. The predicted molar refractivity (Wildman–Crippen MR) is 73.8 cm³/mol. The van der Waals surface area contributed by atoms with E-state index in [1.807, 2.05) is 7.11 Å². The summed E-state index contributed by atoms with van der Waals surface area (Å²) in [6.07, 6.45) is 8.27. The molecular weight excluding hydrogens is 224 g/mol. The number of hydrogen-bond donors (Lipinski definition) is 1. The first kappa shape index (κ1) is 12.9. The summed E-state index contributed by atoms with van der Waals surface area (Å²) < 4.78 is 5.23. The molecule has 0 aromatic heterocycles. The molecule has 0 bridgehead atoms. The molecule has 0 spiro atoms. The maximum atomic E-state index is 5.23. The van der Waals surface area contributed by atoms with Crippen molar-refractivity contribution in [2.45, 2.75) is 63.6 Å². The van der Waals surface area contributed by atoms with Crippen molar-refractivity contribution in [3.63, 3.8) is 0 Å². The second kappa shape index (κ2) is 5.10. The molecule has 1 saturated heterocycles. The van der Waals surface area contributed by atoms with E-state index in [9.17, 15) is 0 Å². The molecule has 1 N–H and O–H groups in total. The van der Waals surface area contributed by atoms with E-state index in [-0.39, 0.29) is 0 Å². The molecule has 3 fully saturated rings. The molecular formula is C15H28N2O. The van der Waals surface area contributed by atoms with Gasteiger partial charge in [0.2, 0.25) is 0 Å². The van der Waals surface area contributed by atoms with Crippen LogP contribution < -0.4 is 5.32 Å². The van der Waals surface area contributed by atoms with Gasteiger partial charge in [0.15, 0.2) is 0 Å². The van der Waals surface area contributed by atoms with E-state index in [1.54, 1.807) is 0 Å². The van der Waals surface area contributed by atoms with Gasteiger partial charge in [0, 0.05) is 44.9 Å². The third kappa shape index (κ3) is 2.89. The Morgan fingerprint density at radius 1 is 1.33 bits per heavy atom. The van der Waals surface area contributed by atoms with Crippen LogP contribution in [0.4, 0.5) is 0 Å². The largest absolute Gasteiger partial charge is 0.385 e. The fraction of sp³-hybridized carbons (Fsp3) is 1.00. The minimum absolute atomic E-state index is 0.590. The fourth-order valence-electron chi connectivity index (χ4n) is 3.49. The minimum atomic E-state index is 0.590. The van der Waals surface area contributed by atoms with Crippen LogP contribution in [0.15, 0.2) is 0 Å². The zero-order valence-corrected chi connectivity index (χ0v) is 12.0. The van der Waals surface area contributed by atoms with Crippen LogP contribution in [0.1, 0.15) is 45.4 Å². The van der Waals surface area contributed by atoms with Crippen LogP contribution in [0.25, 0.3) is 0 Å². The number of nitrogens with one attached hydrogen (secondary N) is 1. The Morgan fingerprint density at radius 2 is 2.11 bits per heavy atom. The van der Waals surface area contributed by atoms with Crippen LogP contribution in [0.2, 0.25) is 0 Å². The van der Waals surface area contributed by atoms with Gasteiger partial charge in [-0.15, -0.1) is 0 Å². The zero-order chi connectivity index (χ0) is 12.6. The van der Waals surface area contributed by atoms with Gasteiger partial charge >= 0.3 is 0 Å². The van der Waals surface area contributed by atoms with E-state index >= 15 is 0 Å². The molecule has 3 heteroatoms. The molecule has 3 aliphatic rings. The van der Waals surface area contributed by atoms with Crippen LogP contribution in [0.3, 0.4) is 0 Å². The predicted octanol–water partition coefficient (Wildman–Crippen LogP) is 2.02. The number of hydrogen-bond acceptors (Lipinski definition) is 3. The Hall–Kier alpha value is -0.120. The zero-order valence-electron chi connectivity index (χ0n) is 12.0. The van der Waals surface area contributed by atoms with E-state index < -0.39 is 0 Å². The third-order valence-electron chi connectivity index (χ3n) is 5.20. The molecule has 2 aliphatic carbocycles. The number of rotatable bonds is 7. The van der Waals surface area contributed by atoms with Gasteiger partial charge in [-0.3, -0.25) is 4.90 Å². The number of likely N-dealkylation sites (tertiary alicyclic amines) is 1. The topological polar surface area (TPSA) is 24.5 Å². The summed E-state index contributed by atoms with van der Waals surface area (Å²) >= 11 is 0. The average molecular weight is 252 g/mol. The SMILES string of the molecule is COCCC1(CNC2CC(C)N(C3CC3)C2)CC1. The maximum absolute atomic E-state index is 5.23. The molecule has 18 heavy (non-hydrogen) atoms. The Morgan fingerprint density at radius 3 is 2.72 bits per heavy atom. The molecule has 2 saturated carbocycles. The lowest BCUT2D eigenvalue weighted by molar-refractivity contribution is 0.170. The van der Waals surface area contributed by atoms with Crippen molar-refractivity contribution in [2.75, 3.05) is 26.8 Å². The summed E-state index contributed by atoms with van der Waals surface area (Å²) in [4.78, 5) is 2.73. The quantitative estimate of drug-likeness (QED) is 0.750. The summed E-state index contributed by atoms with van der Waals surface area (Å²) in [5, 5.41) is 3.84. The molecule has 0 aromatic carbocycles. The Bertz CT molecular complexity index is 286. The molecule has 104 valence electrons. The molecule has 2 unspecified atom stereocenters. The summed E-state index contributed by atoms with van der Waals surface area (Å²) in [5.74, 6) is 0. The van der Waals surface area contributed by atoms with Crippen molar-refractivity contribution in [1.82, 2.24) is 10.2 Å². The van der Waals surface area contributed by atoms with Crippen LogP contribution in [0, 0.1) is 5.41 Å². The van der Waals surface area contributed by atoms with E-state index in [0.29, 0.717) is 5.41 Å². The summed E-state index contributed by atoms with van der Waals surface area (Å²) in [5.41, 5.74) is 0.590. The van der Waals surface area contributed by atoms with Gasteiger partial charge in [0.25, 0.3) is 0 Å². The highest BCUT2D eigenvalue weighted by atomic mass is 16.5. The fourth-order valence-corrected chi connectivity index (χ4v) is 3.49.